The van der Waals surface area contributed by atoms with Crippen LogP contribution in [0, 0.1) is 0 Å². The van der Waals surface area contributed by atoms with E-state index in [9.17, 15) is 9.36 Å². The van der Waals surface area contributed by atoms with E-state index in [1.807, 2.05) is 30.3 Å². The number of anilines is 1. The molecule has 178 valence electrons. The second kappa shape index (κ2) is 11.7. The van der Waals surface area contributed by atoms with E-state index in [0.29, 0.717) is 17.7 Å². The van der Waals surface area contributed by atoms with Crippen molar-refractivity contribution in [3.05, 3.63) is 42.2 Å². The van der Waals surface area contributed by atoms with Gasteiger partial charge in [0.2, 0.25) is 11.8 Å². The summed E-state index contributed by atoms with van der Waals surface area (Å²) in [5.41, 5.74) is 7.53. The van der Waals surface area contributed by atoms with Crippen LogP contribution in [-0.4, -0.2) is 58.7 Å². The Balaban J connectivity index is 1.60. The third kappa shape index (κ3) is 6.96. The molecule has 0 unspecified atom stereocenters. The van der Waals surface area contributed by atoms with Gasteiger partial charge < -0.3 is 29.0 Å². The lowest BCUT2D eigenvalue weighted by molar-refractivity contribution is -0.141. The number of benzene rings is 1. The molecule has 0 bridgehead atoms. The van der Waals surface area contributed by atoms with Gasteiger partial charge >= 0.3 is 5.97 Å². The van der Waals surface area contributed by atoms with E-state index < -0.39 is 13.5 Å². The normalized spacial score (nSPS) is 13.0. The van der Waals surface area contributed by atoms with E-state index in [4.69, 9.17) is 24.5 Å². The number of carbonyl (C=O) groups is 1. The van der Waals surface area contributed by atoms with Gasteiger partial charge in [0.1, 0.15) is 12.9 Å². The number of methoxy groups -OCH3 is 1. The Morgan fingerprint density at radius 1 is 1.24 bits per heavy atom. The predicted molar refractivity (Wildman–Crippen MR) is 121 cm³/mol. The molecule has 12 nitrogen and oxygen atoms in total. The standard InChI is InChI=1S/C20H27N6O6P/c1-3-31-16(27)11-23-33(28,32-12-15-7-5-4-6-8-15)14-30-10-9-26-13-22-17-18(26)24-20(21)25-19(17)29-2/h4-8,13H,3,9-12,14H2,1-2H3,(H,23,28)(H2,21,24,25)/t33-/m0/s1. The number of fused-ring (bicyclic) bond motifs is 1. The number of hydrogen-bond acceptors (Lipinski definition) is 10. The number of nitrogens with two attached hydrogens (primary N) is 1. The van der Waals surface area contributed by atoms with Crippen LogP contribution in [0.2, 0.25) is 0 Å². The van der Waals surface area contributed by atoms with Gasteiger partial charge in [0.05, 0.1) is 33.3 Å². The number of nitrogens with one attached hydrogen (secondary N) is 1. The SMILES string of the molecule is CCOC(=O)CN[P@](=O)(COCCn1cnc2c(OC)nc(N)nc21)OCc1ccccc1. The highest BCUT2D eigenvalue weighted by Crippen LogP contribution is 2.43. The van der Waals surface area contributed by atoms with Crippen LogP contribution < -0.4 is 15.6 Å². The number of rotatable bonds is 13. The quantitative estimate of drug-likeness (QED) is 0.211. The Morgan fingerprint density at radius 3 is 2.76 bits per heavy atom. The molecule has 0 spiro atoms. The van der Waals surface area contributed by atoms with Crippen molar-refractivity contribution in [3.8, 4) is 5.88 Å². The summed E-state index contributed by atoms with van der Waals surface area (Å²) in [4.78, 5) is 24.1. The van der Waals surface area contributed by atoms with Crippen LogP contribution in [0.4, 0.5) is 5.95 Å². The van der Waals surface area contributed by atoms with E-state index in [1.54, 1.807) is 17.8 Å². The maximum atomic E-state index is 13.3. The summed E-state index contributed by atoms with van der Waals surface area (Å²) in [6, 6.07) is 9.28. The van der Waals surface area contributed by atoms with Crippen molar-refractivity contribution < 1.29 is 28.1 Å². The largest absolute Gasteiger partial charge is 0.479 e. The average molecular weight is 478 g/mol. The molecule has 0 aliphatic rings. The van der Waals surface area contributed by atoms with E-state index in [0.717, 1.165) is 5.56 Å². The molecule has 0 aliphatic carbocycles. The van der Waals surface area contributed by atoms with Crippen molar-refractivity contribution in [2.75, 3.05) is 38.9 Å². The van der Waals surface area contributed by atoms with Crippen LogP contribution in [-0.2, 0) is 36.5 Å². The molecule has 0 fully saturated rings. The molecule has 0 amide bonds. The zero-order chi connectivity index (χ0) is 23.7. The van der Waals surface area contributed by atoms with Gasteiger partial charge in [0, 0.05) is 6.54 Å². The third-order valence-electron chi connectivity index (χ3n) is 4.43. The van der Waals surface area contributed by atoms with Gasteiger partial charge in [-0.15, -0.1) is 0 Å². The number of aromatic nitrogens is 4. The summed E-state index contributed by atoms with van der Waals surface area (Å²) in [5, 5.41) is 2.66. The molecule has 0 saturated carbocycles. The Kier molecular flexibility index (Phi) is 8.72. The Morgan fingerprint density at radius 2 is 2.03 bits per heavy atom. The monoisotopic (exact) mass is 478 g/mol. The van der Waals surface area contributed by atoms with Crippen LogP contribution in [0.3, 0.4) is 0 Å². The minimum atomic E-state index is -3.50. The molecule has 0 radical (unpaired) electrons. The molecule has 1 atom stereocenters. The van der Waals surface area contributed by atoms with Crippen molar-refractivity contribution >= 4 is 30.6 Å². The second-order valence-corrected chi connectivity index (χ2v) is 8.99. The second-order valence-electron chi connectivity index (χ2n) is 6.81. The molecule has 0 saturated heterocycles. The first-order valence-electron chi connectivity index (χ1n) is 10.2. The molecule has 0 aliphatic heterocycles. The zero-order valence-corrected chi connectivity index (χ0v) is 19.4. The first-order valence-corrected chi connectivity index (χ1v) is 12.0. The Labute approximate surface area is 190 Å². The Bertz CT molecular complexity index is 1110. The summed E-state index contributed by atoms with van der Waals surface area (Å²) in [7, 11) is -2.03. The lowest BCUT2D eigenvalue weighted by atomic mass is 10.2. The molecule has 2 aromatic heterocycles. The van der Waals surface area contributed by atoms with Crippen molar-refractivity contribution in [1.82, 2.24) is 24.6 Å². The van der Waals surface area contributed by atoms with Gasteiger partial charge in [0.25, 0.3) is 7.52 Å². The molecule has 3 N–H and O–H groups in total. The number of esters is 1. The highest BCUT2D eigenvalue weighted by Gasteiger charge is 2.25. The van der Waals surface area contributed by atoms with Gasteiger partial charge in [-0.05, 0) is 12.5 Å². The number of imidazole rings is 1. The van der Waals surface area contributed by atoms with E-state index in [-0.39, 0.29) is 44.5 Å². The van der Waals surface area contributed by atoms with Crippen LogP contribution in [0.5, 0.6) is 5.88 Å². The fraction of sp³-hybridized carbons (Fsp3) is 0.400. The molecule has 3 aromatic rings. The van der Waals surface area contributed by atoms with Crippen molar-refractivity contribution in [2.24, 2.45) is 0 Å². The molecule has 2 heterocycles. The average Bonchev–Trinajstić information content (AvgIpc) is 3.22. The highest BCUT2D eigenvalue weighted by molar-refractivity contribution is 7.56. The van der Waals surface area contributed by atoms with Gasteiger partial charge in [-0.1, -0.05) is 30.3 Å². The third-order valence-corrected chi connectivity index (χ3v) is 6.14. The van der Waals surface area contributed by atoms with Crippen LogP contribution in [0.1, 0.15) is 12.5 Å². The predicted octanol–water partition coefficient (Wildman–Crippen LogP) is 1.95. The van der Waals surface area contributed by atoms with Crippen molar-refractivity contribution in [2.45, 2.75) is 20.1 Å². The molecule has 13 heteroatoms. The summed E-state index contributed by atoms with van der Waals surface area (Å²) in [6.45, 7) is 2.29. The van der Waals surface area contributed by atoms with E-state index >= 15 is 0 Å². The van der Waals surface area contributed by atoms with E-state index in [1.165, 1.54) is 7.11 Å². The van der Waals surface area contributed by atoms with Crippen molar-refractivity contribution in [3.63, 3.8) is 0 Å². The summed E-state index contributed by atoms with van der Waals surface area (Å²) >= 11 is 0. The Hall–Kier alpha value is -3.05. The summed E-state index contributed by atoms with van der Waals surface area (Å²) < 4.78 is 36.3. The van der Waals surface area contributed by atoms with Gasteiger partial charge in [-0.25, -0.2) is 10.1 Å². The minimum Gasteiger partial charge on any atom is -0.479 e. The van der Waals surface area contributed by atoms with Gasteiger partial charge in [-0.2, -0.15) is 9.97 Å². The first kappa shape index (κ1) is 24.6. The molecule has 1 aromatic carbocycles. The highest BCUT2D eigenvalue weighted by atomic mass is 31.2. The summed E-state index contributed by atoms with van der Waals surface area (Å²) in [6.07, 6.45) is 1.32. The summed E-state index contributed by atoms with van der Waals surface area (Å²) in [5.74, 6) is -0.194. The lowest BCUT2D eigenvalue weighted by Crippen LogP contribution is -2.25. The number of carbonyl (C=O) groups excluding carboxylic acids is 1. The van der Waals surface area contributed by atoms with Crippen LogP contribution in [0.25, 0.3) is 11.2 Å². The molecule has 33 heavy (non-hydrogen) atoms. The molecule has 3 rings (SSSR count). The van der Waals surface area contributed by atoms with E-state index in [2.05, 4.69) is 20.0 Å². The van der Waals surface area contributed by atoms with Crippen molar-refractivity contribution in [1.29, 1.82) is 0 Å². The number of nitrogens with zero attached hydrogens (tertiary/aromatic N) is 4. The number of ether oxygens (including phenoxy) is 3. The molecular formula is C20H27N6O6P. The maximum absolute atomic E-state index is 13.3. The molecular weight excluding hydrogens is 451 g/mol. The fourth-order valence-electron chi connectivity index (χ4n) is 2.87. The zero-order valence-electron chi connectivity index (χ0n) is 18.5. The van der Waals surface area contributed by atoms with Crippen LogP contribution >= 0.6 is 7.52 Å². The number of nitrogen functional groups attached to an aromatic ring is 1. The topological polar surface area (TPSA) is 153 Å². The maximum Gasteiger partial charge on any atom is 0.320 e. The minimum absolute atomic E-state index is 0.0593. The first-order chi connectivity index (χ1) is 15.9. The van der Waals surface area contributed by atoms with Crippen LogP contribution in [0.15, 0.2) is 36.7 Å². The smallest absolute Gasteiger partial charge is 0.320 e. The fourth-order valence-corrected chi connectivity index (χ4v) is 4.22. The van der Waals surface area contributed by atoms with Gasteiger partial charge in [-0.3, -0.25) is 9.36 Å². The number of hydrogen-bond donors (Lipinski definition) is 2. The van der Waals surface area contributed by atoms with Gasteiger partial charge in [0.15, 0.2) is 11.2 Å². The lowest BCUT2D eigenvalue weighted by Gasteiger charge is -2.19.